The third-order valence-corrected chi connectivity index (χ3v) is 8.38. The minimum absolute atomic E-state index is 0.000381. The standard InChI is InChI=1S/C25H27ClN6O3/c26-20-3-1-17(2-4-20)13-30-14-21(11-27-30)29-23(33)10-24-6-18-5-19(7-24)9-25(8-18,16-24)31-15-22(12-28-31)32(34)35/h1-4,11-12,14-15,18-19H,5-10,13,16H2,(H,29,33). The van der Waals surface area contributed by atoms with Gasteiger partial charge < -0.3 is 5.32 Å². The molecular weight excluding hydrogens is 468 g/mol. The van der Waals surface area contributed by atoms with Crippen molar-refractivity contribution in [2.45, 2.75) is 57.0 Å². The van der Waals surface area contributed by atoms with Gasteiger partial charge in [-0.2, -0.15) is 10.2 Å². The summed E-state index contributed by atoms with van der Waals surface area (Å²) in [5.74, 6) is 1.07. The molecule has 4 bridgehead atoms. The largest absolute Gasteiger partial charge is 0.323 e. The Balaban J connectivity index is 1.15. The van der Waals surface area contributed by atoms with Crippen LogP contribution in [0.5, 0.6) is 0 Å². The van der Waals surface area contributed by atoms with Gasteiger partial charge in [-0.3, -0.25) is 24.3 Å². The summed E-state index contributed by atoms with van der Waals surface area (Å²) in [4.78, 5) is 24.0. The zero-order valence-corrected chi connectivity index (χ0v) is 20.0. The number of benzene rings is 1. The molecule has 182 valence electrons. The Hall–Kier alpha value is -3.20. The van der Waals surface area contributed by atoms with Crippen LogP contribution in [0.1, 0.15) is 50.5 Å². The molecule has 35 heavy (non-hydrogen) atoms. The molecule has 1 N–H and O–H groups in total. The highest BCUT2D eigenvalue weighted by Gasteiger charge is 2.59. The highest BCUT2D eigenvalue weighted by molar-refractivity contribution is 6.30. The van der Waals surface area contributed by atoms with E-state index in [1.807, 2.05) is 35.1 Å². The summed E-state index contributed by atoms with van der Waals surface area (Å²) < 4.78 is 3.64. The van der Waals surface area contributed by atoms with Crippen molar-refractivity contribution >= 4 is 28.9 Å². The van der Waals surface area contributed by atoms with Gasteiger partial charge in [0.15, 0.2) is 0 Å². The maximum absolute atomic E-state index is 13.2. The van der Waals surface area contributed by atoms with Gasteiger partial charge in [0, 0.05) is 17.6 Å². The van der Waals surface area contributed by atoms with Crippen molar-refractivity contribution in [3.8, 4) is 0 Å². The van der Waals surface area contributed by atoms with Gasteiger partial charge in [-0.15, -0.1) is 0 Å². The third-order valence-electron chi connectivity index (χ3n) is 8.13. The van der Waals surface area contributed by atoms with E-state index in [-0.39, 0.29) is 27.5 Å². The van der Waals surface area contributed by atoms with Gasteiger partial charge >= 0.3 is 5.69 Å². The average molecular weight is 495 g/mol. The number of nitrogens with zero attached hydrogens (tertiary/aromatic N) is 5. The first kappa shape index (κ1) is 22.3. The van der Waals surface area contributed by atoms with Crippen LogP contribution in [0, 0.1) is 27.4 Å². The number of aromatic nitrogens is 4. The number of nitrogens with one attached hydrogen (secondary N) is 1. The molecule has 0 radical (unpaired) electrons. The number of amides is 1. The van der Waals surface area contributed by atoms with Crippen molar-refractivity contribution in [3.63, 3.8) is 0 Å². The Kier molecular flexibility index (Phi) is 5.21. The van der Waals surface area contributed by atoms with Gasteiger partial charge in [-0.25, -0.2) is 0 Å². The molecule has 10 heteroatoms. The minimum atomic E-state index is -0.389. The minimum Gasteiger partial charge on any atom is -0.323 e. The Morgan fingerprint density at radius 1 is 1.11 bits per heavy atom. The van der Waals surface area contributed by atoms with E-state index in [2.05, 4.69) is 15.5 Å². The quantitative estimate of drug-likeness (QED) is 0.366. The molecule has 1 aromatic carbocycles. The molecule has 2 heterocycles. The fourth-order valence-corrected chi connectivity index (χ4v) is 7.51. The predicted octanol–water partition coefficient (Wildman–Crippen LogP) is 5.01. The average Bonchev–Trinajstić information content (AvgIpc) is 3.44. The lowest BCUT2D eigenvalue weighted by Gasteiger charge is -2.61. The van der Waals surface area contributed by atoms with Crippen LogP contribution in [-0.4, -0.2) is 30.4 Å². The van der Waals surface area contributed by atoms with E-state index < -0.39 is 0 Å². The second kappa shape index (κ2) is 8.19. The molecule has 4 aliphatic carbocycles. The lowest BCUT2D eigenvalue weighted by Crippen LogP contribution is -2.57. The molecular formula is C25H27ClN6O3. The molecule has 2 unspecified atom stereocenters. The van der Waals surface area contributed by atoms with Crippen molar-refractivity contribution in [3.05, 3.63) is 69.8 Å². The second-order valence-electron chi connectivity index (χ2n) is 10.9. The number of rotatable bonds is 7. The highest BCUT2D eigenvalue weighted by Crippen LogP contribution is 2.65. The zero-order chi connectivity index (χ0) is 24.2. The summed E-state index contributed by atoms with van der Waals surface area (Å²) in [6, 6.07) is 7.62. The van der Waals surface area contributed by atoms with Crippen molar-refractivity contribution in [2.24, 2.45) is 17.3 Å². The van der Waals surface area contributed by atoms with E-state index in [1.54, 1.807) is 17.1 Å². The van der Waals surface area contributed by atoms with Gasteiger partial charge in [-0.05, 0) is 73.5 Å². The number of anilines is 1. The van der Waals surface area contributed by atoms with Crippen LogP contribution in [0.3, 0.4) is 0 Å². The molecule has 0 saturated heterocycles. The molecule has 2 aromatic heterocycles. The fraction of sp³-hybridized carbons (Fsp3) is 0.480. The first-order valence-corrected chi connectivity index (χ1v) is 12.4. The van der Waals surface area contributed by atoms with Gasteiger partial charge in [0.25, 0.3) is 0 Å². The summed E-state index contributed by atoms with van der Waals surface area (Å²) >= 11 is 5.96. The molecule has 4 saturated carbocycles. The van der Waals surface area contributed by atoms with E-state index in [4.69, 9.17) is 11.6 Å². The molecule has 4 fully saturated rings. The molecule has 4 aliphatic rings. The Morgan fingerprint density at radius 2 is 1.86 bits per heavy atom. The lowest BCUT2D eigenvalue weighted by atomic mass is 9.46. The summed E-state index contributed by atoms with van der Waals surface area (Å²) in [7, 11) is 0. The van der Waals surface area contributed by atoms with E-state index in [0.29, 0.717) is 35.5 Å². The molecule has 9 nitrogen and oxygen atoms in total. The summed E-state index contributed by atoms with van der Waals surface area (Å²) in [6.07, 6.45) is 13.0. The van der Waals surface area contributed by atoms with Crippen molar-refractivity contribution in [1.82, 2.24) is 19.6 Å². The van der Waals surface area contributed by atoms with Crippen LogP contribution in [0.25, 0.3) is 0 Å². The lowest BCUT2D eigenvalue weighted by molar-refractivity contribution is -0.385. The SMILES string of the molecule is O=C(CC12CC3CC(C1)CC(n1cc([N+](=O)[O-])cn1)(C3)C2)Nc1cnn(Cc2ccc(Cl)cc2)c1. The zero-order valence-electron chi connectivity index (χ0n) is 19.3. The van der Waals surface area contributed by atoms with Crippen LogP contribution in [0.4, 0.5) is 11.4 Å². The maximum atomic E-state index is 13.2. The van der Waals surface area contributed by atoms with E-state index in [1.165, 1.54) is 12.6 Å². The Bertz CT molecular complexity index is 1270. The van der Waals surface area contributed by atoms with Crippen LogP contribution < -0.4 is 5.32 Å². The van der Waals surface area contributed by atoms with Crippen LogP contribution in [0.15, 0.2) is 49.1 Å². The highest BCUT2D eigenvalue weighted by atomic mass is 35.5. The van der Waals surface area contributed by atoms with Crippen LogP contribution >= 0.6 is 11.6 Å². The van der Waals surface area contributed by atoms with E-state index >= 15 is 0 Å². The molecule has 0 spiro atoms. The van der Waals surface area contributed by atoms with Crippen molar-refractivity contribution in [2.75, 3.05) is 5.32 Å². The van der Waals surface area contributed by atoms with Crippen LogP contribution in [-0.2, 0) is 16.9 Å². The molecule has 2 atom stereocenters. The number of nitro groups is 1. The molecule has 7 rings (SSSR count). The van der Waals surface area contributed by atoms with E-state index in [0.717, 1.165) is 37.7 Å². The summed E-state index contributed by atoms with van der Waals surface area (Å²) in [5, 5.41) is 23.8. The van der Waals surface area contributed by atoms with Crippen molar-refractivity contribution in [1.29, 1.82) is 0 Å². The Labute approximate surface area is 207 Å². The summed E-state index contributed by atoms with van der Waals surface area (Å²) in [6.45, 7) is 0.596. The second-order valence-corrected chi connectivity index (χ2v) is 11.3. The summed E-state index contributed by atoms with van der Waals surface area (Å²) in [5.41, 5.74) is 1.48. The number of halogens is 1. The molecule has 1 amide bonds. The number of carbonyl (C=O) groups excluding carboxylic acids is 1. The third kappa shape index (κ3) is 4.22. The first-order chi connectivity index (χ1) is 16.8. The fourth-order valence-electron chi connectivity index (χ4n) is 7.38. The first-order valence-electron chi connectivity index (χ1n) is 12.1. The number of carbonyl (C=O) groups is 1. The molecule has 3 aromatic rings. The normalized spacial score (nSPS) is 28.8. The van der Waals surface area contributed by atoms with Crippen molar-refractivity contribution < 1.29 is 9.72 Å². The van der Waals surface area contributed by atoms with Gasteiger partial charge in [0.2, 0.25) is 5.91 Å². The smallest absolute Gasteiger partial charge is 0.307 e. The topological polar surface area (TPSA) is 108 Å². The van der Waals surface area contributed by atoms with Gasteiger partial charge in [0.05, 0.1) is 28.9 Å². The van der Waals surface area contributed by atoms with Gasteiger partial charge in [0.1, 0.15) is 12.4 Å². The molecule has 0 aliphatic heterocycles. The number of hydrogen-bond acceptors (Lipinski definition) is 5. The van der Waals surface area contributed by atoms with E-state index in [9.17, 15) is 14.9 Å². The van der Waals surface area contributed by atoms with Gasteiger partial charge in [-0.1, -0.05) is 23.7 Å². The van der Waals surface area contributed by atoms with Crippen LogP contribution in [0.2, 0.25) is 5.02 Å². The maximum Gasteiger partial charge on any atom is 0.307 e. The monoisotopic (exact) mass is 494 g/mol. The predicted molar refractivity (Wildman–Crippen MR) is 130 cm³/mol. The Morgan fingerprint density at radius 3 is 2.54 bits per heavy atom. The number of hydrogen-bond donors (Lipinski definition) is 1.